The zero-order valence-corrected chi connectivity index (χ0v) is 10.9. The van der Waals surface area contributed by atoms with Crippen molar-refractivity contribution in [1.29, 1.82) is 5.26 Å². The van der Waals surface area contributed by atoms with Crippen LogP contribution >= 0.6 is 0 Å². The molecule has 1 aromatic carbocycles. The molecule has 0 fully saturated rings. The third kappa shape index (κ3) is 3.02. The minimum absolute atomic E-state index is 0.0980. The third-order valence-electron chi connectivity index (χ3n) is 2.80. The monoisotopic (exact) mass is 254 g/mol. The molecule has 0 saturated heterocycles. The molecule has 2 rings (SSSR count). The molecule has 2 aromatic rings. The lowest BCUT2D eigenvalue weighted by molar-refractivity contribution is 0.0784. The van der Waals surface area contributed by atoms with Crippen LogP contribution in [0.5, 0.6) is 0 Å². The van der Waals surface area contributed by atoms with E-state index in [4.69, 9.17) is 9.68 Å². The van der Waals surface area contributed by atoms with E-state index in [9.17, 15) is 4.79 Å². The number of amides is 1. The minimum Gasteiger partial charge on any atom is -0.469 e. The first-order valence-electron chi connectivity index (χ1n) is 5.90. The van der Waals surface area contributed by atoms with Crippen LogP contribution in [0.3, 0.4) is 0 Å². The number of furan rings is 1. The number of rotatable bonds is 3. The SMILES string of the molecule is Cc1cc(C(=O)N(C)Cc2cccc(C#N)c2)co1. The van der Waals surface area contributed by atoms with Gasteiger partial charge in [0, 0.05) is 13.6 Å². The van der Waals surface area contributed by atoms with Gasteiger partial charge >= 0.3 is 0 Å². The summed E-state index contributed by atoms with van der Waals surface area (Å²) in [5.41, 5.74) is 2.06. The highest BCUT2D eigenvalue weighted by atomic mass is 16.3. The van der Waals surface area contributed by atoms with Gasteiger partial charge in [-0.3, -0.25) is 4.79 Å². The first kappa shape index (κ1) is 12.9. The summed E-state index contributed by atoms with van der Waals surface area (Å²) in [4.78, 5) is 13.7. The van der Waals surface area contributed by atoms with Gasteiger partial charge in [0.05, 0.1) is 17.2 Å². The Hall–Kier alpha value is -2.54. The molecule has 1 aromatic heterocycles. The van der Waals surface area contributed by atoms with Crippen molar-refractivity contribution in [1.82, 2.24) is 4.90 Å². The van der Waals surface area contributed by atoms with Crippen LogP contribution in [0, 0.1) is 18.3 Å². The summed E-state index contributed by atoms with van der Waals surface area (Å²) in [7, 11) is 1.73. The highest BCUT2D eigenvalue weighted by molar-refractivity contribution is 5.93. The number of aryl methyl sites for hydroxylation is 1. The van der Waals surface area contributed by atoms with Gasteiger partial charge in [-0.2, -0.15) is 5.26 Å². The van der Waals surface area contributed by atoms with E-state index < -0.39 is 0 Å². The summed E-state index contributed by atoms with van der Waals surface area (Å²) in [5, 5.41) is 8.84. The van der Waals surface area contributed by atoms with Gasteiger partial charge in [-0.05, 0) is 30.7 Å². The predicted molar refractivity (Wildman–Crippen MR) is 70.4 cm³/mol. The van der Waals surface area contributed by atoms with Crippen LogP contribution in [-0.4, -0.2) is 17.9 Å². The van der Waals surface area contributed by atoms with E-state index in [1.807, 2.05) is 12.1 Å². The van der Waals surface area contributed by atoms with Crippen LogP contribution in [0.15, 0.2) is 41.0 Å². The van der Waals surface area contributed by atoms with E-state index in [0.717, 1.165) is 5.56 Å². The second-order valence-electron chi connectivity index (χ2n) is 4.42. The molecular weight excluding hydrogens is 240 g/mol. The summed E-state index contributed by atoms with van der Waals surface area (Å²) >= 11 is 0. The Balaban J connectivity index is 2.10. The Labute approximate surface area is 111 Å². The van der Waals surface area contributed by atoms with Gasteiger partial charge in [-0.25, -0.2) is 0 Å². The van der Waals surface area contributed by atoms with Crippen molar-refractivity contribution < 1.29 is 9.21 Å². The minimum atomic E-state index is -0.0980. The lowest BCUT2D eigenvalue weighted by atomic mass is 10.1. The van der Waals surface area contributed by atoms with Crippen LogP contribution in [0.2, 0.25) is 0 Å². The fraction of sp³-hybridized carbons (Fsp3) is 0.200. The lowest BCUT2D eigenvalue weighted by Gasteiger charge is -2.16. The van der Waals surface area contributed by atoms with Crippen LogP contribution < -0.4 is 0 Å². The first-order valence-corrected chi connectivity index (χ1v) is 5.90. The Morgan fingerprint density at radius 1 is 1.42 bits per heavy atom. The zero-order chi connectivity index (χ0) is 13.8. The topological polar surface area (TPSA) is 57.2 Å². The van der Waals surface area contributed by atoms with Crippen molar-refractivity contribution in [2.24, 2.45) is 0 Å². The van der Waals surface area contributed by atoms with Gasteiger partial charge in [0.1, 0.15) is 12.0 Å². The molecule has 0 aliphatic rings. The predicted octanol–water partition coefficient (Wildman–Crippen LogP) is 2.73. The van der Waals surface area contributed by atoms with Gasteiger partial charge in [-0.15, -0.1) is 0 Å². The van der Waals surface area contributed by atoms with Gasteiger partial charge in [-0.1, -0.05) is 12.1 Å². The van der Waals surface area contributed by atoms with Crippen molar-refractivity contribution in [3.8, 4) is 6.07 Å². The molecule has 0 atom stereocenters. The normalized spacial score (nSPS) is 9.95. The number of carbonyl (C=O) groups is 1. The number of carbonyl (C=O) groups excluding carboxylic acids is 1. The molecule has 0 unspecified atom stereocenters. The maximum Gasteiger partial charge on any atom is 0.257 e. The van der Waals surface area contributed by atoms with Gasteiger partial charge in [0.25, 0.3) is 5.91 Å². The molecule has 0 spiro atoms. The third-order valence-corrected chi connectivity index (χ3v) is 2.80. The average Bonchev–Trinajstić information content (AvgIpc) is 2.84. The van der Waals surface area contributed by atoms with Gasteiger partial charge < -0.3 is 9.32 Å². The molecule has 19 heavy (non-hydrogen) atoms. The molecule has 4 nitrogen and oxygen atoms in total. The number of benzene rings is 1. The molecule has 0 aliphatic heterocycles. The maximum absolute atomic E-state index is 12.1. The Kier molecular flexibility index (Phi) is 3.67. The van der Waals surface area contributed by atoms with E-state index in [0.29, 0.717) is 23.4 Å². The Morgan fingerprint density at radius 2 is 2.21 bits per heavy atom. The molecule has 0 bridgehead atoms. The summed E-state index contributed by atoms with van der Waals surface area (Å²) in [6.45, 7) is 2.26. The molecule has 0 radical (unpaired) electrons. The number of hydrogen-bond donors (Lipinski definition) is 0. The molecular formula is C15H14N2O2. The van der Waals surface area contributed by atoms with Crippen molar-refractivity contribution in [2.45, 2.75) is 13.5 Å². The summed E-state index contributed by atoms with van der Waals surface area (Å²) in [6, 6.07) is 11.0. The first-order chi connectivity index (χ1) is 9.10. The summed E-state index contributed by atoms with van der Waals surface area (Å²) in [5.74, 6) is 0.613. The van der Waals surface area contributed by atoms with Crippen molar-refractivity contribution in [3.05, 3.63) is 59.0 Å². The average molecular weight is 254 g/mol. The molecule has 1 heterocycles. The largest absolute Gasteiger partial charge is 0.469 e. The van der Waals surface area contributed by atoms with Crippen LogP contribution in [0.4, 0.5) is 0 Å². The van der Waals surface area contributed by atoms with E-state index in [2.05, 4.69) is 6.07 Å². The van der Waals surface area contributed by atoms with Crippen LogP contribution in [-0.2, 0) is 6.54 Å². The molecule has 0 aliphatic carbocycles. The van der Waals surface area contributed by atoms with E-state index in [-0.39, 0.29) is 5.91 Å². The molecule has 0 saturated carbocycles. The highest BCUT2D eigenvalue weighted by Crippen LogP contribution is 2.12. The second-order valence-corrected chi connectivity index (χ2v) is 4.42. The molecule has 0 N–H and O–H groups in total. The Morgan fingerprint density at radius 3 is 2.84 bits per heavy atom. The second kappa shape index (κ2) is 5.40. The smallest absolute Gasteiger partial charge is 0.257 e. The Bertz CT molecular complexity index is 638. The van der Waals surface area contributed by atoms with E-state index >= 15 is 0 Å². The maximum atomic E-state index is 12.1. The molecule has 1 amide bonds. The van der Waals surface area contributed by atoms with Gasteiger partial charge in [0.15, 0.2) is 0 Å². The lowest BCUT2D eigenvalue weighted by Crippen LogP contribution is -2.25. The fourth-order valence-electron chi connectivity index (χ4n) is 1.86. The summed E-state index contributed by atoms with van der Waals surface area (Å²) in [6.07, 6.45) is 1.46. The summed E-state index contributed by atoms with van der Waals surface area (Å²) < 4.78 is 5.13. The van der Waals surface area contributed by atoms with Crippen LogP contribution in [0.1, 0.15) is 27.2 Å². The highest BCUT2D eigenvalue weighted by Gasteiger charge is 2.14. The fourth-order valence-corrected chi connectivity index (χ4v) is 1.86. The van der Waals surface area contributed by atoms with Crippen LogP contribution in [0.25, 0.3) is 0 Å². The van der Waals surface area contributed by atoms with E-state index in [1.165, 1.54) is 6.26 Å². The van der Waals surface area contributed by atoms with Gasteiger partial charge in [0.2, 0.25) is 0 Å². The van der Waals surface area contributed by atoms with Crippen molar-refractivity contribution >= 4 is 5.91 Å². The van der Waals surface area contributed by atoms with E-state index in [1.54, 1.807) is 37.1 Å². The molecule has 4 heteroatoms. The van der Waals surface area contributed by atoms with Crippen molar-refractivity contribution in [2.75, 3.05) is 7.05 Å². The zero-order valence-electron chi connectivity index (χ0n) is 10.9. The number of nitrogens with zero attached hydrogens (tertiary/aromatic N) is 2. The quantitative estimate of drug-likeness (QED) is 0.846. The standard InChI is InChI=1S/C15H14N2O2/c1-11-6-14(10-19-11)15(18)17(2)9-13-5-3-4-12(7-13)8-16/h3-7,10H,9H2,1-2H3. The van der Waals surface area contributed by atoms with Crippen molar-refractivity contribution in [3.63, 3.8) is 0 Å². The number of nitriles is 1. The molecule has 96 valence electrons. The number of hydrogen-bond acceptors (Lipinski definition) is 3.